The summed E-state index contributed by atoms with van der Waals surface area (Å²) in [6, 6.07) is 1.10. The van der Waals surface area contributed by atoms with E-state index in [2.05, 4.69) is 0 Å². The largest absolute Gasteiger partial charge is 0.475 e. The summed E-state index contributed by atoms with van der Waals surface area (Å²) >= 11 is 0. The molecule has 18 heavy (non-hydrogen) atoms. The van der Waals surface area contributed by atoms with E-state index in [-0.39, 0.29) is 24.7 Å². The van der Waals surface area contributed by atoms with E-state index in [1.165, 1.54) is 0 Å². The molecule has 0 aromatic carbocycles. The Labute approximate surface area is 104 Å². The van der Waals surface area contributed by atoms with Gasteiger partial charge in [-0.15, -0.1) is 0 Å². The Bertz CT molecular complexity index is 468. The molecule has 0 aliphatic heterocycles. The van der Waals surface area contributed by atoms with Crippen molar-refractivity contribution in [1.29, 1.82) is 0 Å². The van der Waals surface area contributed by atoms with Crippen molar-refractivity contribution in [2.24, 2.45) is 0 Å². The highest BCUT2D eigenvalue weighted by atomic mass is 16.6. The fourth-order valence-electron chi connectivity index (χ4n) is 1.13. The van der Waals surface area contributed by atoms with Crippen LogP contribution in [0, 0.1) is 0 Å². The number of rotatable bonds is 4. The minimum atomic E-state index is -0.605. The number of hydrogen-bond donors (Lipinski definition) is 1. The van der Waals surface area contributed by atoms with Gasteiger partial charge in [-0.25, -0.2) is 4.79 Å². The van der Waals surface area contributed by atoms with Gasteiger partial charge in [-0.05, 0) is 20.8 Å². The van der Waals surface area contributed by atoms with E-state index >= 15 is 0 Å². The molecule has 100 valence electrons. The summed E-state index contributed by atoms with van der Waals surface area (Å²) < 4.78 is 14.9. The zero-order valence-corrected chi connectivity index (χ0v) is 10.6. The first kappa shape index (κ1) is 14.2. The highest BCUT2D eigenvalue weighted by Gasteiger charge is 2.17. The summed E-state index contributed by atoms with van der Waals surface area (Å²) in [6.45, 7) is 4.45. The van der Waals surface area contributed by atoms with Crippen LogP contribution in [0.1, 0.15) is 26.5 Å². The molecule has 0 bridgehead atoms. The molecule has 0 aliphatic rings. The molecule has 0 atom stereocenters. The molecular weight excluding hydrogens is 240 g/mol. The minimum Gasteiger partial charge on any atom is -0.475 e. The summed E-state index contributed by atoms with van der Waals surface area (Å²) in [5, 5.41) is 8.75. The van der Waals surface area contributed by atoms with E-state index in [1.54, 1.807) is 20.8 Å². The number of esters is 1. The molecule has 0 saturated carbocycles. The van der Waals surface area contributed by atoms with E-state index in [0.717, 1.165) is 12.3 Å². The van der Waals surface area contributed by atoms with E-state index in [1.807, 2.05) is 0 Å². The average Bonchev–Trinajstić information content (AvgIpc) is 2.25. The highest BCUT2D eigenvalue weighted by molar-refractivity contribution is 5.71. The van der Waals surface area contributed by atoms with Crippen molar-refractivity contribution >= 4 is 5.97 Å². The first-order valence-corrected chi connectivity index (χ1v) is 5.39. The Balaban J connectivity index is 2.59. The smallest absolute Gasteiger partial charge is 0.344 e. The maximum atomic E-state index is 11.4. The van der Waals surface area contributed by atoms with Gasteiger partial charge in [-0.3, -0.25) is 4.79 Å². The van der Waals surface area contributed by atoms with Crippen LogP contribution in [-0.4, -0.2) is 23.3 Å². The van der Waals surface area contributed by atoms with Gasteiger partial charge in [-0.1, -0.05) is 0 Å². The van der Waals surface area contributed by atoms with Crippen LogP contribution in [-0.2, 0) is 16.1 Å². The predicted octanol–water partition coefficient (Wildman–Crippen LogP) is 0.853. The molecule has 0 radical (unpaired) electrons. The van der Waals surface area contributed by atoms with E-state index < -0.39 is 17.0 Å². The predicted molar refractivity (Wildman–Crippen MR) is 62.2 cm³/mol. The van der Waals surface area contributed by atoms with Crippen LogP contribution in [0.3, 0.4) is 0 Å². The molecule has 0 saturated heterocycles. The number of hydrogen-bond acceptors (Lipinski definition) is 6. The number of aliphatic hydroxyl groups excluding tert-OH is 1. The number of carbonyl (C=O) groups excluding carboxylic acids is 1. The lowest BCUT2D eigenvalue weighted by Crippen LogP contribution is -2.28. The lowest BCUT2D eigenvalue weighted by Gasteiger charge is -2.19. The van der Waals surface area contributed by atoms with Gasteiger partial charge in [0.05, 0.1) is 0 Å². The summed E-state index contributed by atoms with van der Waals surface area (Å²) in [5.74, 6) is -0.546. The van der Waals surface area contributed by atoms with Crippen molar-refractivity contribution in [3.05, 3.63) is 28.3 Å². The van der Waals surface area contributed by atoms with Gasteiger partial charge in [-0.2, -0.15) is 0 Å². The number of ether oxygens (including phenoxy) is 2. The van der Waals surface area contributed by atoms with Gasteiger partial charge in [0.15, 0.2) is 6.61 Å². The van der Waals surface area contributed by atoms with Crippen LogP contribution in [0.2, 0.25) is 0 Å². The van der Waals surface area contributed by atoms with Crippen LogP contribution in [0.15, 0.2) is 21.5 Å². The Kier molecular flexibility index (Phi) is 4.49. The van der Waals surface area contributed by atoms with Crippen LogP contribution in [0.5, 0.6) is 5.75 Å². The molecule has 0 aliphatic carbocycles. The summed E-state index contributed by atoms with van der Waals surface area (Å²) in [5.41, 5.74) is -1.07. The van der Waals surface area contributed by atoms with Crippen LogP contribution >= 0.6 is 0 Å². The van der Waals surface area contributed by atoms with Crippen molar-refractivity contribution in [2.45, 2.75) is 33.0 Å². The number of carbonyl (C=O) groups is 1. The van der Waals surface area contributed by atoms with Gasteiger partial charge < -0.3 is 19.0 Å². The third-order valence-electron chi connectivity index (χ3n) is 1.77. The maximum Gasteiger partial charge on any atom is 0.344 e. The molecule has 0 amide bonds. The highest BCUT2D eigenvalue weighted by Crippen LogP contribution is 2.09. The van der Waals surface area contributed by atoms with Crippen molar-refractivity contribution in [1.82, 2.24) is 0 Å². The number of aliphatic hydroxyl groups is 1. The monoisotopic (exact) mass is 256 g/mol. The summed E-state index contributed by atoms with van der Waals surface area (Å²) in [6.07, 6.45) is 1.05. The lowest BCUT2D eigenvalue weighted by molar-refractivity contribution is -0.157. The Morgan fingerprint density at radius 3 is 2.61 bits per heavy atom. The van der Waals surface area contributed by atoms with E-state index in [9.17, 15) is 9.59 Å². The molecule has 1 aromatic rings. The molecular formula is C12H16O6. The fourth-order valence-corrected chi connectivity index (χ4v) is 1.13. The van der Waals surface area contributed by atoms with Crippen molar-refractivity contribution in [3.8, 4) is 5.75 Å². The molecule has 1 heterocycles. The maximum absolute atomic E-state index is 11.4. The molecule has 0 unspecified atom stereocenters. The Hall–Kier alpha value is -1.82. The topological polar surface area (TPSA) is 86.0 Å². The first-order chi connectivity index (χ1) is 8.31. The van der Waals surface area contributed by atoms with Gasteiger partial charge in [0.1, 0.15) is 24.2 Å². The van der Waals surface area contributed by atoms with Gasteiger partial charge in [0.2, 0.25) is 11.2 Å². The van der Waals surface area contributed by atoms with Gasteiger partial charge >= 0.3 is 5.97 Å². The van der Waals surface area contributed by atoms with Crippen LogP contribution in [0.4, 0.5) is 0 Å². The second-order valence-corrected chi connectivity index (χ2v) is 4.61. The minimum absolute atomic E-state index is 0.0990. The molecule has 6 heteroatoms. The summed E-state index contributed by atoms with van der Waals surface area (Å²) in [7, 11) is 0. The van der Waals surface area contributed by atoms with Crippen molar-refractivity contribution in [2.75, 3.05) is 6.61 Å². The van der Waals surface area contributed by atoms with E-state index in [4.69, 9.17) is 19.0 Å². The fraction of sp³-hybridized carbons (Fsp3) is 0.500. The first-order valence-electron chi connectivity index (χ1n) is 5.39. The zero-order chi connectivity index (χ0) is 13.8. The second kappa shape index (κ2) is 5.68. The van der Waals surface area contributed by atoms with Crippen LogP contribution < -0.4 is 10.2 Å². The average molecular weight is 256 g/mol. The summed E-state index contributed by atoms with van der Waals surface area (Å²) in [4.78, 5) is 22.8. The van der Waals surface area contributed by atoms with Gasteiger partial charge in [0.25, 0.3) is 0 Å². The molecule has 1 N–H and O–H groups in total. The Morgan fingerprint density at radius 2 is 2.11 bits per heavy atom. The lowest BCUT2D eigenvalue weighted by atomic mass is 10.2. The third-order valence-corrected chi connectivity index (χ3v) is 1.77. The SMILES string of the molecule is CC(C)(C)OC(=O)COc1coc(CO)cc1=O. The molecule has 0 spiro atoms. The third kappa shape index (κ3) is 4.58. The van der Waals surface area contributed by atoms with Crippen molar-refractivity contribution < 1.29 is 23.8 Å². The standard InChI is InChI=1S/C12H16O6/c1-12(2,3)18-11(15)7-17-10-6-16-8(5-13)4-9(10)14/h4,6,13H,5,7H2,1-3H3. The molecule has 1 aromatic heterocycles. The van der Waals surface area contributed by atoms with E-state index in [0.29, 0.717) is 0 Å². The quantitative estimate of drug-likeness (QED) is 0.804. The van der Waals surface area contributed by atoms with Gasteiger partial charge in [0, 0.05) is 6.07 Å². The second-order valence-electron chi connectivity index (χ2n) is 4.61. The van der Waals surface area contributed by atoms with Crippen molar-refractivity contribution in [3.63, 3.8) is 0 Å². The zero-order valence-electron chi connectivity index (χ0n) is 10.6. The van der Waals surface area contributed by atoms with Crippen LogP contribution in [0.25, 0.3) is 0 Å². The molecule has 1 rings (SSSR count). The molecule has 0 fully saturated rings. The Morgan fingerprint density at radius 1 is 1.44 bits per heavy atom. The normalized spacial score (nSPS) is 11.1. The molecule has 6 nitrogen and oxygen atoms in total.